The van der Waals surface area contributed by atoms with Gasteiger partial charge in [-0.25, -0.2) is 0 Å². The predicted octanol–water partition coefficient (Wildman–Crippen LogP) is 2.93. The molecule has 4 rings (SSSR count). The normalized spacial score (nSPS) is 57.9. The van der Waals surface area contributed by atoms with Crippen LogP contribution in [0.4, 0.5) is 0 Å². The Kier molecular flexibility index (Phi) is 3.30. The van der Waals surface area contributed by atoms with Gasteiger partial charge in [0.2, 0.25) is 0 Å². The van der Waals surface area contributed by atoms with Gasteiger partial charge in [-0.05, 0) is 67.6 Å². The third-order valence-corrected chi connectivity index (χ3v) is 8.53. The maximum Gasteiger partial charge on any atom is 0.135 e. The van der Waals surface area contributed by atoms with Crippen LogP contribution in [0.2, 0.25) is 0 Å². The summed E-state index contributed by atoms with van der Waals surface area (Å²) in [5.74, 6) is 2.42. The van der Waals surface area contributed by atoms with Gasteiger partial charge in [0.1, 0.15) is 5.78 Å². The van der Waals surface area contributed by atoms with Crippen molar-refractivity contribution in [3.63, 3.8) is 0 Å². The Morgan fingerprint density at radius 3 is 2.45 bits per heavy atom. The van der Waals surface area contributed by atoms with Gasteiger partial charge in [-0.1, -0.05) is 13.8 Å². The first-order chi connectivity index (χ1) is 10.4. The second-order valence-electron chi connectivity index (χ2n) is 9.12. The van der Waals surface area contributed by atoms with Gasteiger partial charge in [0.15, 0.2) is 0 Å². The molecule has 3 nitrogen and oxygen atoms in total. The van der Waals surface area contributed by atoms with Crippen LogP contribution in [-0.4, -0.2) is 28.2 Å². The number of Topliss-reactive ketones (excluding diaryl/α,β-unsaturated/α-hetero) is 1. The third kappa shape index (κ3) is 1.78. The Morgan fingerprint density at radius 1 is 0.909 bits per heavy atom. The fourth-order valence-corrected chi connectivity index (χ4v) is 7.08. The minimum absolute atomic E-state index is 0.0777. The molecule has 0 bridgehead atoms. The Morgan fingerprint density at radius 2 is 1.68 bits per heavy atom. The Labute approximate surface area is 133 Å². The van der Waals surface area contributed by atoms with Crippen molar-refractivity contribution >= 4 is 5.78 Å². The van der Waals surface area contributed by atoms with Crippen LogP contribution in [0, 0.1) is 34.5 Å². The van der Waals surface area contributed by atoms with Gasteiger partial charge in [-0.3, -0.25) is 4.79 Å². The molecule has 4 saturated carbocycles. The first-order valence-corrected chi connectivity index (χ1v) is 9.25. The average Bonchev–Trinajstić information content (AvgIpc) is 2.77. The third-order valence-electron chi connectivity index (χ3n) is 8.53. The van der Waals surface area contributed by atoms with E-state index in [1.165, 1.54) is 6.42 Å². The van der Waals surface area contributed by atoms with Crippen LogP contribution in [-0.2, 0) is 4.79 Å². The first-order valence-electron chi connectivity index (χ1n) is 9.25. The highest BCUT2D eigenvalue weighted by Crippen LogP contribution is 2.65. The summed E-state index contributed by atoms with van der Waals surface area (Å²) < 4.78 is 0. The van der Waals surface area contributed by atoms with E-state index in [-0.39, 0.29) is 22.7 Å². The molecule has 4 aliphatic rings. The molecule has 0 amide bonds. The van der Waals surface area contributed by atoms with Crippen molar-refractivity contribution in [1.82, 2.24) is 0 Å². The van der Waals surface area contributed by atoms with Gasteiger partial charge in [-0.15, -0.1) is 0 Å². The Bertz CT molecular complexity index is 489. The van der Waals surface area contributed by atoms with Gasteiger partial charge in [0.05, 0.1) is 12.2 Å². The zero-order chi connectivity index (χ0) is 15.7. The molecule has 22 heavy (non-hydrogen) atoms. The van der Waals surface area contributed by atoms with E-state index in [0.717, 1.165) is 32.1 Å². The molecule has 3 unspecified atom stereocenters. The summed E-state index contributed by atoms with van der Waals surface area (Å²) in [4.78, 5) is 11.9. The highest BCUT2D eigenvalue weighted by molar-refractivity contribution is 5.80. The van der Waals surface area contributed by atoms with E-state index in [1.807, 2.05) is 0 Å². The van der Waals surface area contributed by atoms with Crippen LogP contribution in [0.25, 0.3) is 0 Å². The molecule has 0 spiro atoms. The van der Waals surface area contributed by atoms with Crippen molar-refractivity contribution in [3.05, 3.63) is 0 Å². The zero-order valence-electron chi connectivity index (χ0n) is 13.9. The molecule has 2 N–H and O–H groups in total. The fraction of sp³-hybridized carbons (Fsp3) is 0.947. The van der Waals surface area contributed by atoms with Crippen molar-refractivity contribution in [2.75, 3.05) is 0 Å². The van der Waals surface area contributed by atoms with Crippen LogP contribution in [0.1, 0.15) is 65.2 Å². The molecule has 0 aliphatic heterocycles. The van der Waals surface area contributed by atoms with E-state index in [0.29, 0.717) is 36.5 Å². The lowest BCUT2D eigenvalue weighted by Gasteiger charge is -2.61. The van der Waals surface area contributed by atoms with E-state index in [9.17, 15) is 15.0 Å². The van der Waals surface area contributed by atoms with Crippen LogP contribution >= 0.6 is 0 Å². The number of carbonyl (C=O) groups excluding carboxylic acids is 1. The molecule has 0 aromatic carbocycles. The number of fused-ring (bicyclic) bond motifs is 5. The van der Waals surface area contributed by atoms with E-state index < -0.39 is 6.10 Å². The van der Waals surface area contributed by atoms with Crippen molar-refractivity contribution in [3.8, 4) is 0 Å². The standard InChI is InChI=1S/C19H30O3/c1-18-8-7-15-13(14(18)5-6-16(18)21)4-3-11-9-12(20)10-17(22)19(11,15)2/h11,13-17,21-22H,3-10H2,1-2H3/t11?,13-,14-,15-,16?,17?,18-,19-/m0/s1. The molecular weight excluding hydrogens is 276 g/mol. The molecule has 124 valence electrons. The summed E-state index contributed by atoms with van der Waals surface area (Å²) in [6.45, 7) is 4.56. The van der Waals surface area contributed by atoms with Crippen molar-refractivity contribution in [1.29, 1.82) is 0 Å². The van der Waals surface area contributed by atoms with Crippen LogP contribution in [0.15, 0.2) is 0 Å². The van der Waals surface area contributed by atoms with E-state index in [2.05, 4.69) is 13.8 Å². The second-order valence-corrected chi connectivity index (χ2v) is 9.12. The summed E-state index contributed by atoms with van der Waals surface area (Å²) in [7, 11) is 0. The summed E-state index contributed by atoms with van der Waals surface area (Å²) in [6.07, 6.45) is 7.03. The second kappa shape index (κ2) is 4.80. The number of aliphatic hydroxyl groups excluding tert-OH is 2. The molecule has 3 heteroatoms. The fourth-order valence-electron chi connectivity index (χ4n) is 7.08. The lowest BCUT2D eigenvalue weighted by molar-refractivity contribution is -0.173. The average molecular weight is 306 g/mol. The molecule has 0 heterocycles. The molecular formula is C19H30O3. The monoisotopic (exact) mass is 306 g/mol. The Hall–Kier alpha value is -0.410. The van der Waals surface area contributed by atoms with Gasteiger partial charge in [0, 0.05) is 18.3 Å². The highest BCUT2D eigenvalue weighted by Gasteiger charge is 2.62. The maximum atomic E-state index is 11.9. The van der Waals surface area contributed by atoms with Gasteiger partial charge in [-0.2, -0.15) is 0 Å². The number of aliphatic hydroxyl groups is 2. The predicted molar refractivity (Wildman–Crippen MR) is 84.1 cm³/mol. The highest BCUT2D eigenvalue weighted by atomic mass is 16.3. The van der Waals surface area contributed by atoms with Crippen molar-refractivity contribution in [2.45, 2.75) is 77.4 Å². The summed E-state index contributed by atoms with van der Waals surface area (Å²) >= 11 is 0. The van der Waals surface area contributed by atoms with Crippen LogP contribution < -0.4 is 0 Å². The quantitative estimate of drug-likeness (QED) is 0.723. The van der Waals surface area contributed by atoms with Gasteiger partial charge < -0.3 is 10.2 Å². The molecule has 0 aromatic heterocycles. The van der Waals surface area contributed by atoms with Crippen LogP contribution in [0.3, 0.4) is 0 Å². The van der Waals surface area contributed by atoms with Crippen molar-refractivity contribution < 1.29 is 15.0 Å². The molecule has 8 atom stereocenters. The van der Waals surface area contributed by atoms with Crippen molar-refractivity contribution in [2.24, 2.45) is 34.5 Å². The lowest BCUT2D eigenvalue weighted by Crippen LogP contribution is -2.59. The van der Waals surface area contributed by atoms with E-state index in [4.69, 9.17) is 0 Å². The number of hydrogen-bond acceptors (Lipinski definition) is 3. The van der Waals surface area contributed by atoms with Gasteiger partial charge in [0.25, 0.3) is 0 Å². The number of rotatable bonds is 0. The smallest absolute Gasteiger partial charge is 0.135 e. The minimum atomic E-state index is -0.456. The van der Waals surface area contributed by atoms with Crippen LogP contribution in [0.5, 0.6) is 0 Å². The molecule has 0 radical (unpaired) electrons. The topological polar surface area (TPSA) is 57.5 Å². The van der Waals surface area contributed by atoms with E-state index in [1.54, 1.807) is 0 Å². The van der Waals surface area contributed by atoms with Gasteiger partial charge >= 0.3 is 0 Å². The lowest BCUT2D eigenvalue weighted by atomic mass is 9.44. The molecule has 4 aliphatic carbocycles. The summed E-state index contributed by atoms with van der Waals surface area (Å²) in [5, 5.41) is 21.2. The minimum Gasteiger partial charge on any atom is -0.393 e. The zero-order valence-corrected chi connectivity index (χ0v) is 13.9. The summed E-state index contributed by atoms with van der Waals surface area (Å²) in [6, 6.07) is 0. The SMILES string of the molecule is C[C@]12C(O)CC(=O)CC1CC[C@@H]1[C@@H]2CC[C@]2(C)C(O)CC[C@@H]12. The number of carbonyl (C=O) groups is 1. The molecule has 0 saturated heterocycles. The molecule has 0 aromatic rings. The number of hydrogen-bond donors (Lipinski definition) is 2. The first kappa shape index (κ1) is 15.1. The largest absolute Gasteiger partial charge is 0.393 e. The Balaban J connectivity index is 1.67. The molecule has 4 fully saturated rings. The summed E-state index contributed by atoms with van der Waals surface area (Å²) in [5.41, 5.74) is 0.0193. The maximum absolute atomic E-state index is 11.9. The number of ketones is 1. The van der Waals surface area contributed by atoms with E-state index >= 15 is 0 Å².